The summed E-state index contributed by atoms with van der Waals surface area (Å²) < 4.78 is 25.9. The molecule has 0 fully saturated rings. The third-order valence-corrected chi connectivity index (χ3v) is 3.37. The van der Waals surface area contributed by atoms with Crippen LogP contribution in [0.15, 0.2) is 36.4 Å². The molecule has 19 heavy (non-hydrogen) atoms. The molecule has 0 bridgehead atoms. The molecule has 1 nitrogen and oxygen atoms in total. The molecule has 1 atom stereocenters. The fourth-order valence-corrected chi connectivity index (χ4v) is 2.26. The summed E-state index contributed by atoms with van der Waals surface area (Å²) >= 11 is 5.91. The first-order chi connectivity index (χ1) is 8.97. The third kappa shape index (κ3) is 3.31. The van der Waals surface area contributed by atoms with Crippen LogP contribution >= 0.6 is 11.6 Å². The molecule has 0 spiro atoms. The molecule has 1 unspecified atom stereocenters. The van der Waals surface area contributed by atoms with E-state index in [0.29, 0.717) is 16.7 Å². The van der Waals surface area contributed by atoms with Gasteiger partial charge in [0.2, 0.25) is 0 Å². The minimum atomic E-state index is -0.802. The molecule has 0 saturated carbocycles. The predicted octanol–water partition coefficient (Wildman–Crippen LogP) is 4.20. The second kappa shape index (κ2) is 5.68. The van der Waals surface area contributed by atoms with E-state index in [2.05, 4.69) is 0 Å². The number of aliphatic hydroxyl groups excluding tert-OH is 1. The van der Waals surface area contributed by atoms with Crippen LogP contribution in [0.1, 0.15) is 22.8 Å². The molecule has 0 radical (unpaired) electrons. The van der Waals surface area contributed by atoms with Crippen LogP contribution in [0.2, 0.25) is 5.02 Å². The number of halogens is 3. The molecule has 2 aromatic rings. The Labute approximate surface area is 115 Å². The summed E-state index contributed by atoms with van der Waals surface area (Å²) in [7, 11) is 0. The number of benzene rings is 2. The van der Waals surface area contributed by atoms with Crippen molar-refractivity contribution in [3.05, 3.63) is 69.7 Å². The molecular formula is C15H13ClF2O. The molecule has 2 aromatic carbocycles. The highest BCUT2D eigenvalue weighted by Crippen LogP contribution is 2.26. The van der Waals surface area contributed by atoms with Gasteiger partial charge in [0.05, 0.1) is 6.10 Å². The van der Waals surface area contributed by atoms with Crippen molar-refractivity contribution in [1.29, 1.82) is 0 Å². The maximum atomic E-state index is 13.0. The van der Waals surface area contributed by atoms with Gasteiger partial charge in [0.1, 0.15) is 11.6 Å². The average molecular weight is 283 g/mol. The lowest BCUT2D eigenvalue weighted by Gasteiger charge is -2.14. The van der Waals surface area contributed by atoms with Crippen LogP contribution in [-0.4, -0.2) is 5.11 Å². The molecule has 1 N–H and O–H groups in total. The second-order valence-corrected chi connectivity index (χ2v) is 4.86. The van der Waals surface area contributed by atoms with Gasteiger partial charge in [0.25, 0.3) is 0 Å². The van der Waals surface area contributed by atoms with E-state index >= 15 is 0 Å². The quantitative estimate of drug-likeness (QED) is 0.894. The molecule has 0 aliphatic rings. The van der Waals surface area contributed by atoms with Gasteiger partial charge in [-0.3, -0.25) is 0 Å². The highest BCUT2D eigenvalue weighted by molar-refractivity contribution is 6.31. The zero-order chi connectivity index (χ0) is 14.0. The zero-order valence-corrected chi connectivity index (χ0v) is 11.1. The van der Waals surface area contributed by atoms with E-state index in [4.69, 9.17) is 11.6 Å². The van der Waals surface area contributed by atoms with E-state index in [-0.39, 0.29) is 17.3 Å². The summed E-state index contributed by atoms with van der Waals surface area (Å²) in [6.45, 7) is 1.73. The van der Waals surface area contributed by atoms with Crippen LogP contribution in [0.3, 0.4) is 0 Å². The maximum absolute atomic E-state index is 13.0. The largest absolute Gasteiger partial charge is 0.388 e. The first kappa shape index (κ1) is 14.0. The zero-order valence-electron chi connectivity index (χ0n) is 10.3. The number of aliphatic hydroxyl groups is 1. The van der Waals surface area contributed by atoms with Crippen molar-refractivity contribution in [2.45, 2.75) is 19.4 Å². The minimum Gasteiger partial charge on any atom is -0.388 e. The third-order valence-electron chi connectivity index (χ3n) is 3.02. The van der Waals surface area contributed by atoms with Gasteiger partial charge in [0, 0.05) is 11.4 Å². The van der Waals surface area contributed by atoms with Gasteiger partial charge in [-0.15, -0.1) is 0 Å². The van der Waals surface area contributed by atoms with Crippen LogP contribution in [0.5, 0.6) is 0 Å². The Morgan fingerprint density at radius 3 is 2.37 bits per heavy atom. The second-order valence-electron chi connectivity index (χ2n) is 4.46. The van der Waals surface area contributed by atoms with Crippen LogP contribution < -0.4 is 0 Å². The maximum Gasteiger partial charge on any atom is 0.124 e. The Hall–Kier alpha value is -1.45. The van der Waals surface area contributed by atoms with E-state index in [9.17, 15) is 13.9 Å². The van der Waals surface area contributed by atoms with Gasteiger partial charge in [-0.05, 0) is 47.9 Å². The van der Waals surface area contributed by atoms with Crippen molar-refractivity contribution < 1.29 is 13.9 Å². The summed E-state index contributed by atoms with van der Waals surface area (Å²) in [5, 5.41) is 10.4. The van der Waals surface area contributed by atoms with Gasteiger partial charge < -0.3 is 5.11 Å². The molecule has 4 heteroatoms. The molecule has 0 heterocycles. The van der Waals surface area contributed by atoms with E-state index in [1.54, 1.807) is 19.1 Å². The summed E-state index contributed by atoms with van der Waals surface area (Å²) in [5.41, 5.74) is 1.96. The predicted molar refractivity (Wildman–Crippen MR) is 71.2 cm³/mol. The van der Waals surface area contributed by atoms with E-state index < -0.39 is 11.9 Å². The lowest BCUT2D eigenvalue weighted by Crippen LogP contribution is -2.05. The first-order valence-electron chi connectivity index (χ1n) is 5.85. The summed E-state index contributed by atoms with van der Waals surface area (Å²) in [6.07, 6.45) is -0.547. The lowest BCUT2D eigenvalue weighted by molar-refractivity contribution is 0.177. The van der Waals surface area contributed by atoms with Crippen LogP contribution in [0.25, 0.3) is 0 Å². The van der Waals surface area contributed by atoms with Gasteiger partial charge in [-0.2, -0.15) is 0 Å². The molecule has 2 rings (SSSR count). The summed E-state index contributed by atoms with van der Waals surface area (Å²) in [4.78, 5) is 0. The normalized spacial score (nSPS) is 12.5. The van der Waals surface area contributed by atoms with Gasteiger partial charge >= 0.3 is 0 Å². The Balaban J connectivity index is 2.23. The Bertz CT molecular complexity index is 599. The highest BCUT2D eigenvalue weighted by atomic mass is 35.5. The fraction of sp³-hybridized carbons (Fsp3) is 0.200. The molecular weight excluding hydrogens is 270 g/mol. The lowest BCUT2D eigenvalue weighted by atomic mass is 9.97. The summed E-state index contributed by atoms with van der Waals surface area (Å²) in [6, 6.07) is 8.27. The standard InChI is InChI=1S/C15H13ClF2O/c1-9-6-11(17)4-5-13(9)15(19)7-10-2-3-12(18)8-14(10)16/h2-6,8,15,19H,7H2,1H3. The van der Waals surface area contributed by atoms with Crippen molar-refractivity contribution >= 4 is 11.6 Å². The van der Waals surface area contributed by atoms with E-state index in [1.807, 2.05) is 0 Å². The first-order valence-corrected chi connectivity index (χ1v) is 6.23. The highest BCUT2D eigenvalue weighted by Gasteiger charge is 2.14. The number of hydrogen-bond acceptors (Lipinski definition) is 1. The minimum absolute atomic E-state index is 0.256. The van der Waals surface area contributed by atoms with Crippen LogP contribution in [0, 0.1) is 18.6 Å². The van der Waals surface area contributed by atoms with E-state index in [1.165, 1.54) is 24.3 Å². The monoisotopic (exact) mass is 282 g/mol. The number of rotatable bonds is 3. The fourth-order valence-electron chi connectivity index (χ4n) is 2.02. The SMILES string of the molecule is Cc1cc(F)ccc1C(O)Cc1ccc(F)cc1Cl. The van der Waals surface area contributed by atoms with Crippen molar-refractivity contribution in [2.24, 2.45) is 0 Å². The molecule has 0 aromatic heterocycles. The van der Waals surface area contributed by atoms with E-state index in [0.717, 1.165) is 0 Å². The Morgan fingerprint density at radius 2 is 1.74 bits per heavy atom. The smallest absolute Gasteiger partial charge is 0.124 e. The Morgan fingerprint density at radius 1 is 1.11 bits per heavy atom. The van der Waals surface area contributed by atoms with Crippen molar-refractivity contribution in [1.82, 2.24) is 0 Å². The molecule has 100 valence electrons. The van der Waals surface area contributed by atoms with Gasteiger partial charge in [0.15, 0.2) is 0 Å². The van der Waals surface area contributed by atoms with Crippen molar-refractivity contribution in [2.75, 3.05) is 0 Å². The number of aryl methyl sites for hydroxylation is 1. The summed E-state index contributed by atoms with van der Waals surface area (Å²) in [5.74, 6) is -0.755. The Kier molecular flexibility index (Phi) is 4.17. The van der Waals surface area contributed by atoms with Crippen LogP contribution in [0.4, 0.5) is 8.78 Å². The van der Waals surface area contributed by atoms with Crippen molar-refractivity contribution in [3.8, 4) is 0 Å². The average Bonchev–Trinajstić information content (AvgIpc) is 2.32. The topological polar surface area (TPSA) is 20.2 Å². The van der Waals surface area contributed by atoms with Crippen molar-refractivity contribution in [3.63, 3.8) is 0 Å². The molecule has 0 aliphatic heterocycles. The van der Waals surface area contributed by atoms with Crippen LogP contribution in [-0.2, 0) is 6.42 Å². The molecule has 0 saturated heterocycles. The number of hydrogen-bond donors (Lipinski definition) is 1. The molecule has 0 aliphatic carbocycles. The molecule has 0 amide bonds. The van der Waals surface area contributed by atoms with Gasteiger partial charge in [-0.1, -0.05) is 23.7 Å². The van der Waals surface area contributed by atoms with Gasteiger partial charge in [-0.25, -0.2) is 8.78 Å².